The molecular weight excluding hydrogens is 228 g/mol. The van der Waals surface area contributed by atoms with E-state index in [-0.39, 0.29) is 19.4 Å². The summed E-state index contributed by atoms with van der Waals surface area (Å²) in [6, 6.07) is 0. The van der Waals surface area contributed by atoms with Gasteiger partial charge in [0.2, 0.25) is 0 Å². The molecule has 0 atom stereocenters. The lowest BCUT2D eigenvalue weighted by Gasteiger charge is -2.47. The largest absolute Gasteiger partial charge is 0.379 e. The Morgan fingerprint density at radius 3 is 1.41 bits per heavy atom. The van der Waals surface area contributed by atoms with Crippen LogP contribution in [0.2, 0.25) is 0 Å². The number of rotatable bonds is 0. The lowest BCUT2D eigenvalue weighted by atomic mass is 9.69. The van der Waals surface area contributed by atoms with Gasteiger partial charge < -0.3 is 23.7 Å². The number of Topliss-reactive ketones (excluding diaryl/α,β-unsaturated/α-hetero) is 1. The van der Waals surface area contributed by atoms with Gasteiger partial charge in [0.25, 0.3) is 0 Å². The van der Waals surface area contributed by atoms with Crippen molar-refractivity contribution in [2.75, 3.05) is 53.2 Å². The number of ketones is 1. The van der Waals surface area contributed by atoms with E-state index in [1.807, 2.05) is 0 Å². The van der Waals surface area contributed by atoms with Gasteiger partial charge in [0.15, 0.2) is 5.78 Å². The molecule has 0 unspecified atom stereocenters. The van der Waals surface area contributed by atoms with E-state index in [1.54, 1.807) is 0 Å². The van der Waals surface area contributed by atoms with Crippen molar-refractivity contribution < 1.29 is 28.5 Å². The standard InChI is InChI=1S/C11H16O6/c12-9-10(3-14-7-15-4-10)1-13-2-11(9)5-16-8-17-6-11/h1-8H2. The van der Waals surface area contributed by atoms with Crippen LogP contribution in [0.4, 0.5) is 0 Å². The van der Waals surface area contributed by atoms with Crippen LogP contribution in [0.25, 0.3) is 0 Å². The van der Waals surface area contributed by atoms with Gasteiger partial charge >= 0.3 is 0 Å². The Balaban J connectivity index is 1.84. The number of hydrogen-bond donors (Lipinski definition) is 0. The molecule has 0 N–H and O–H groups in total. The SMILES string of the molecule is O=C1C2(COCOC2)COCC12COCOC2. The third kappa shape index (κ3) is 1.80. The first-order valence-corrected chi connectivity index (χ1v) is 5.71. The minimum atomic E-state index is -0.680. The van der Waals surface area contributed by atoms with E-state index < -0.39 is 10.8 Å². The topological polar surface area (TPSA) is 63.2 Å². The van der Waals surface area contributed by atoms with Gasteiger partial charge in [-0.2, -0.15) is 0 Å². The fourth-order valence-electron chi connectivity index (χ4n) is 2.71. The molecule has 0 bridgehead atoms. The second-order valence-corrected chi connectivity index (χ2v) is 5.01. The highest BCUT2D eigenvalue weighted by molar-refractivity contribution is 5.92. The summed E-state index contributed by atoms with van der Waals surface area (Å²) in [7, 11) is 0. The third-order valence-electron chi connectivity index (χ3n) is 3.57. The zero-order chi connectivity index (χ0) is 11.8. The maximum atomic E-state index is 12.7. The van der Waals surface area contributed by atoms with Crippen molar-refractivity contribution in [1.29, 1.82) is 0 Å². The Labute approximate surface area is 99.1 Å². The summed E-state index contributed by atoms with van der Waals surface area (Å²) < 4.78 is 26.6. The first-order valence-electron chi connectivity index (χ1n) is 5.71. The van der Waals surface area contributed by atoms with E-state index >= 15 is 0 Å². The Hall–Kier alpha value is -0.530. The van der Waals surface area contributed by atoms with Crippen molar-refractivity contribution in [3.8, 4) is 0 Å². The summed E-state index contributed by atoms with van der Waals surface area (Å²) in [5, 5.41) is 0. The van der Waals surface area contributed by atoms with Crippen molar-refractivity contribution in [1.82, 2.24) is 0 Å². The normalized spacial score (nSPS) is 31.9. The van der Waals surface area contributed by atoms with Crippen molar-refractivity contribution in [3.05, 3.63) is 0 Å². The number of ether oxygens (including phenoxy) is 5. The minimum Gasteiger partial charge on any atom is -0.379 e. The van der Waals surface area contributed by atoms with Gasteiger partial charge in [-0.25, -0.2) is 0 Å². The molecule has 3 aliphatic rings. The predicted octanol–water partition coefficient (Wildman–Crippen LogP) is -0.433. The molecule has 96 valence electrons. The van der Waals surface area contributed by atoms with Crippen LogP contribution in [0.3, 0.4) is 0 Å². The lowest BCUT2D eigenvalue weighted by molar-refractivity contribution is -0.238. The van der Waals surface area contributed by atoms with Crippen LogP contribution in [0.1, 0.15) is 0 Å². The molecule has 0 aliphatic carbocycles. The monoisotopic (exact) mass is 244 g/mol. The molecule has 3 fully saturated rings. The smallest absolute Gasteiger partial charge is 0.159 e. The zero-order valence-corrected chi connectivity index (χ0v) is 9.61. The second-order valence-electron chi connectivity index (χ2n) is 5.01. The predicted molar refractivity (Wildman–Crippen MR) is 54.2 cm³/mol. The number of carbonyl (C=O) groups is 1. The van der Waals surface area contributed by atoms with Crippen LogP contribution in [-0.2, 0) is 28.5 Å². The number of carbonyl (C=O) groups excluding carboxylic acids is 1. The van der Waals surface area contributed by atoms with Crippen LogP contribution in [0.5, 0.6) is 0 Å². The molecule has 0 aromatic heterocycles. The molecule has 0 saturated carbocycles. The Morgan fingerprint density at radius 1 is 0.647 bits per heavy atom. The van der Waals surface area contributed by atoms with Gasteiger partial charge in [0, 0.05) is 0 Å². The van der Waals surface area contributed by atoms with Crippen molar-refractivity contribution >= 4 is 5.78 Å². The van der Waals surface area contributed by atoms with Crippen LogP contribution in [0, 0.1) is 10.8 Å². The molecule has 0 aromatic rings. The van der Waals surface area contributed by atoms with Gasteiger partial charge in [-0.1, -0.05) is 0 Å². The van der Waals surface area contributed by atoms with Crippen molar-refractivity contribution in [2.45, 2.75) is 0 Å². The first kappa shape index (κ1) is 11.6. The van der Waals surface area contributed by atoms with E-state index in [4.69, 9.17) is 23.7 Å². The minimum absolute atomic E-state index is 0.0932. The summed E-state index contributed by atoms with van der Waals surface area (Å²) in [5.74, 6) is 0.0932. The zero-order valence-electron chi connectivity index (χ0n) is 9.61. The summed E-state index contributed by atoms with van der Waals surface area (Å²) in [6.45, 7) is 2.62. The molecule has 17 heavy (non-hydrogen) atoms. The highest BCUT2D eigenvalue weighted by Crippen LogP contribution is 2.39. The van der Waals surface area contributed by atoms with Crippen LogP contribution in [-0.4, -0.2) is 59.0 Å². The molecule has 0 radical (unpaired) electrons. The maximum absolute atomic E-state index is 12.7. The highest BCUT2D eigenvalue weighted by atomic mass is 16.7. The lowest BCUT2D eigenvalue weighted by Crippen LogP contribution is -2.62. The summed E-state index contributed by atoms with van der Waals surface area (Å²) >= 11 is 0. The van der Waals surface area contributed by atoms with E-state index in [0.717, 1.165) is 0 Å². The fraction of sp³-hybridized carbons (Fsp3) is 0.909. The molecule has 0 aromatic carbocycles. The molecule has 6 heteroatoms. The molecule has 3 heterocycles. The van der Waals surface area contributed by atoms with Gasteiger partial charge in [0.1, 0.15) is 13.6 Å². The quantitative estimate of drug-likeness (QED) is 0.576. The summed E-state index contributed by atoms with van der Waals surface area (Å²) in [4.78, 5) is 12.7. The Kier molecular flexibility index (Phi) is 2.92. The van der Waals surface area contributed by atoms with Crippen LogP contribution < -0.4 is 0 Å². The summed E-state index contributed by atoms with van der Waals surface area (Å²) in [6.07, 6.45) is 0. The molecule has 6 nitrogen and oxygen atoms in total. The van der Waals surface area contributed by atoms with Gasteiger partial charge in [-0.3, -0.25) is 4.79 Å². The first-order chi connectivity index (χ1) is 8.28. The van der Waals surface area contributed by atoms with Gasteiger partial charge in [-0.05, 0) is 0 Å². The maximum Gasteiger partial charge on any atom is 0.159 e. The van der Waals surface area contributed by atoms with E-state index in [0.29, 0.717) is 39.6 Å². The second kappa shape index (κ2) is 4.29. The highest BCUT2D eigenvalue weighted by Gasteiger charge is 2.56. The fourth-order valence-corrected chi connectivity index (χ4v) is 2.71. The van der Waals surface area contributed by atoms with Crippen molar-refractivity contribution in [3.63, 3.8) is 0 Å². The van der Waals surface area contributed by atoms with Crippen LogP contribution >= 0.6 is 0 Å². The molecule has 3 aliphatic heterocycles. The van der Waals surface area contributed by atoms with E-state index in [9.17, 15) is 4.79 Å². The van der Waals surface area contributed by atoms with Gasteiger partial charge in [0.05, 0.1) is 50.5 Å². The molecular formula is C11H16O6. The molecule has 3 rings (SSSR count). The molecule has 2 spiro atoms. The molecule has 0 amide bonds. The average molecular weight is 244 g/mol. The van der Waals surface area contributed by atoms with E-state index in [1.165, 1.54) is 0 Å². The summed E-state index contributed by atoms with van der Waals surface area (Å²) in [5.41, 5.74) is -1.36. The van der Waals surface area contributed by atoms with Crippen LogP contribution in [0.15, 0.2) is 0 Å². The van der Waals surface area contributed by atoms with E-state index in [2.05, 4.69) is 0 Å². The van der Waals surface area contributed by atoms with Crippen molar-refractivity contribution in [2.24, 2.45) is 10.8 Å². The Morgan fingerprint density at radius 2 is 1.00 bits per heavy atom. The number of hydrogen-bond acceptors (Lipinski definition) is 6. The molecule has 3 saturated heterocycles. The third-order valence-corrected chi connectivity index (χ3v) is 3.57. The average Bonchev–Trinajstić information content (AvgIpc) is 2.39. The Bertz CT molecular complexity index is 264. The van der Waals surface area contributed by atoms with Gasteiger partial charge in [-0.15, -0.1) is 0 Å².